The molecule has 1 saturated heterocycles. The van der Waals surface area contributed by atoms with Crippen molar-refractivity contribution in [2.75, 3.05) is 44.7 Å². The molecule has 1 fully saturated rings. The number of halogens is 1. The summed E-state index contributed by atoms with van der Waals surface area (Å²) in [5.74, 6) is 0.923. The number of piperazine rings is 1. The Balaban J connectivity index is 0.00000289. The molecule has 1 aliphatic heterocycles. The van der Waals surface area contributed by atoms with Gasteiger partial charge >= 0.3 is 5.69 Å². The van der Waals surface area contributed by atoms with Gasteiger partial charge in [-0.15, -0.1) is 12.4 Å². The molecule has 0 radical (unpaired) electrons. The van der Waals surface area contributed by atoms with Gasteiger partial charge in [-0.3, -0.25) is 18.8 Å². The molecule has 10 heteroatoms. The van der Waals surface area contributed by atoms with E-state index in [1.54, 1.807) is 20.5 Å². The van der Waals surface area contributed by atoms with Crippen LogP contribution in [0.5, 0.6) is 5.75 Å². The minimum Gasteiger partial charge on any atom is -0.495 e. The first-order valence-electron chi connectivity index (χ1n) is 10.7. The summed E-state index contributed by atoms with van der Waals surface area (Å²) in [6.07, 6.45) is 3.65. The third kappa shape index (κ3) is 4.54. The van der Waals surface area contributed by atoms with E-state index in [1.165, 1.54) is 11.6 Å². The fourth-order valence-corrected chi connectivity index (χ4v) is 4.29. The summed E-state index contributed by atoms with van der Waals surface area (Å²) in [5.41, 5.74) is 1.46. The molecule has 174 valence electrons. The number of unbranched alkanes of at least 4 members (excludes halogenated alkanes) is 1. The molecular weight excluding hydrogens is 432 g/mol. The molecule has 1 aromatic carbocycles. The van der Waals surface area contributed by atoms with Gasteiger partial charge in [0.15, 0.2) is 11.2 Å². The van der Waals surface area contributed by atoms with E-state index in [1.807, 2.05) is 16.7 Å². The molecule has 0 aliphatic carbocycles. The normalized spacial score (nSPS) is 14.5. The highest BCUT2D eigenvalue weighted by molar-refractivity contribution is 5.85. The Morgan fingerprint density at radius 1 is 0.969 bits per heavy atom. The van der Waals surface area contributed by atoms with Crippen molar-refractivity contribution in [1.82, 2.24) is 23.6 Å². The third-order valence-electron chi connectivity index (χ3n) is 6.14. The van der Waals surface area contributed by atoms with Crippen LogP contribution in [0.25, 0.3) is 11.2 Å². The van der Waals surface area contributed by atoms with E-state index in [9.17, 15) is 9.59 Å². The highest BCUT2D eigenvalue weighted by Crippen LogP contribution is 2.28. The Morgan fingerprint density at radius 2 is 1.66 bits per heavy atom. The van der Waals surface area contributed by atoms with Gasteiger partial charge in [-0.25, -0.2) is 9.78 Å². The SMILES string of the molecule is COc1ccccc1N1CCN(CCCCn2cnc3c2c(=O)n(C)c(=O)n3C)CC1.Cl. The highest BCUT2D eigenvalue weighted by atomic mass is 35.5. The molecule has 0 spiro atoms. The van der Waals surface area contributed by atoms with Gasteiger partial charge in [-0.1, -0.05) is 12.1 Å². The lowest BCUT2D eigenvalue weighted by Crippen LogP contribution is -2.46. The highest BCUT2D eigenvalue weighted by Gasteiger charge is 2.19. The van der Waals surface area contributed by atoms with E-state index in [0.717, 1.165) is 61.6 Å². The van der Waals surface area contributed by atoms with Gasteiger partial charge in [-0.05, 0) is 31.5 Å². The van der Waals surface area contributed by atoms with E-state index >= 15 is 0 Å². The lowest BCUT2D eigenvalue weighted by Gasteiger charge is -2.36. The van der Waals surface area contributed by atoms with Crippen molar-refractivity contribution in [3.63, 3.8) is 0 Å². The molecule has 0 atom stereocenters. The van der Waals surface area contributed by atoms with Crippen LogP contribution in [0.3, 0.4) is 0 Å². The van der Waals surface area contributed by atoms with Crippen LogP contribution in [-0.2, 0) is 20.6 Å². The maximum absolute atomic E-state index is 12.5. The molecule has 3 heterocycles. The standard InChI is InChI=1S/C22H30N6O3.ClH/c1-24-20-19(21(29)25(2)22(24)30)28(16-23-20)11-7-6-10-26-12-14-27(15-13-26)17-8-4-5-9-18(17)31-3;/h4-5,8-9,16H,6-7,10-15H2,1-3H3;1H. The molecule has 0 bridgehead atoms. The predicted octanol–water partition coefficient (Wildman–Crippen LogP) is 1.47. The van der Waals surface area contributed by atoms with E-state index in [0.29, 0.717) is 17.7 Å². The first-order chi connectivity index (χ1) is 15.0. The second kappa shape index (κ2) is 10.2. The minimum absolute atomic E-state index is 0. The smallest absolute Gasteiger partial charge is 0.332 e. The molecule has 9 nitrogen and oxygen atoms in total. The zero-order valence-electron chi connectivity index (χ0n) is 18.9. The molecule has 0 unspecified atom stereocenters. The van der Waals surface area contributed by atoms with E-state index < -0.39 is 0 Å². The monoisotopic (exact) mass is 462 g/mol. The minimum atomic E-state index is -0.352. The van der Waals surface area contributed by atoms with Gasteiger partial charge in [0.25, 0.3) is 5.56 Å². The fourth-order valence-electron chi connectivity index (χ4n) is 4.29. The number of fused-ring (bicyclic) bond motifs is 1. The fraction of sp³-hybridized carbons (Fsp3) is 0.500. The number of aryl methyl sites for hydroxylation is 2. The van der Waals surface area contributed by atoms with E-state index in [2.05, 4.69) is 26.9 Å². The zero-order valence-corrected chi connectivity index (χ0v) is 19.7. The predicted molar refractivity (Wildman–Crippen MR) is 128 cm³/mol. The average Bonchev–Trinajstić information content (AvgIpc) is 3.23. The number of nitrogens with zero attached hydrogens (tertiary/aromatic N) is 6. The molecule has 0 amide bonds. The Labute approximate surface area is 193 Å². The van der Waals surface area contributed by atoms with Gasteiger partial charge in [-0.2, -0.15) is 0 Å². The van der Waals surface area contributed by atoms with Crippen molar-refractivity contribution in [1.29, 1.82) is 0 Å². The topological polar surface area (TPSA) is 77.5 Å². The van der Waals surface area contributed by atoms with Gasteiger partial charge in [0, 0.05) is 46.8 Å². The Kier molecular flexibility index (Phi) is 7.63. The first kappa shape index (κ1) is 23.9. The Bertz CT molecular complexity index is 1180. The zero-order chi connectivity index (χ0) is 22.0. The molecule has 3 aromatic rings. The molecule has 0 saturated carbocycles. The molecule has 32 heavy (non-hydrogen) atoms. The molecule has 0 N–H and O–H groups in total. The Morgan fingerprint density at radius 3 is 2.38 bits per heavy atom. The van der Waals surface area contributed by atoms with Gasteiger partial charge < -0.3 is 14.2 Å². The summed E-state index contributed by atoms with van der Waals surface area (Å²) in [5, 5.41) is 0. The number of benzene rings is 1. The molecular formula is C22H31ClN6O3. The van der Waals surface area contributed by atoms with Crippen LogP contribution in [-0.4, -0.2) is 63.4 Å². The number of rotatable bonds is 7. The number of hydrogen-bond donors (Lipinski definition) is 0. The van der Waals surface area contributed by atoms with E-state index in [4.69, 9.17) is 4.74 Å². The second-order valence-electron chi connectivity index (χ2n) is 8.02. The maximum Gasteiger partial charge on any atom is 0.332 e. The number of methoxy groups -OCH3 is 1. The van der Waals surface area contributed by atoms with Crippen LogP contribution in [0, 0.1) is 0 Å². The number of aromatic nitrogens is 4. The quantitative estimate of drug-likeness (QED) is 0.495. The number of para-hydroxylation sites is 2. The molecule has 2 aromatic heterocycles. The summed E-state index contributed by atoms with van der Waals surface area (Å²) in [7, 11) is 4.87. The van der Waals surface area contributed by atoms with Gasteiger partial charge in [0.05, 0.1) is 19.1 Å². The molecule has 4 rings (SSSR count). The maximum atomic E-state index is 12.5. The second-order valence-corrected chi connectivity index (χ2v) is 8.02. The van der Waals surface area contributed by atoms with Gasteiger partial charge in [0.1, 0.15) is 5.75 Å². The summed E-state index contributed by atoms with van der Waals surface area (Å²) in [6, 6.07) is 8.17. The first-order valence-corrected chi connectivity index (χ1v) is 10.7. The average molecular weight is 463 g/mol. The van der Waals surface area contributed by atoms with Crippen LogP contribution >= 0.6 is 12.4 Å². The lowest BCUT2D eigenvalue weighted by atomic mass is 10.2. The summed E-state index contributed by atoms with van der Waals surface area (Å²) >= 11 is 0. The van der Waals surface area contributed by atoms with Crippen molar-refractivity contribution in [2.24, 2.45) is 14.1 Å². The van der Waals surface area contributed by atoms with Crippen molar-refractivity contribution < 1.29 is 4.74 Å². The largest absolute Gasteiger partial charge is 0.495 e. The number of ether oxygens (including phenoxy) is 1. The summed E-state index contributed by atoms with van der Waals surface area (Å²) in [4.78, 5) is 33.7. The van der Waals surface area contributed by atoms with Crippen LogP contribution in [0.15, 0.2) is 40.2 Å². The van der Waals surface area contributed by atoms with Crippen molar-refractivity contribution in [2.45, 2.75) is 19.4 Å². The summed E-state index contributed by atoms with van der Waals surface area (Å²) < 4.78 is 9.93. The number of anilines is 1. The van der Waals surface area contributed by atoms with Crippen LogP contribution < -0.4 is 20.9 Å². The number of hydrogen-bond acceptors (Lipinski definition) is 6. The number of imidazole rings is 1. The van der Waals surface area contributed by atoms with Crippen LogP contribution in [0.2, 0.25) is 0 Å². The van der Waals surface area contributed by atoms with E-state index in [-0.39, 0.29) is 23.7 Å². The van der Waals surface area contributed by atoms with Gasteiger partial charge in [0.2, 0.25) is 0 Å². The van der Waals surface area contributed by atoms with Crippen molar-refractivity contribution in [3.8, 4) is 5.75 Å². The van der Waals surface area contributed by atoms with Crippen LogP contribution in [0.1, 0.15) is 12.8 Å². The third-order valence-corrected chi connectivity index (χ3v) is 6.14. The van der Waals surface area contributed by atoms with Crippen LogP contribution in [0.4, 0.5) is 5.69 Å². The lowest BCUT2D eigenvalue weighted by molar-refractivity contribution is 0.250. The molecule has 1 aliphatic rings. The van der Waals surface area contributed by atoms with Crippen molar-refractivity contribution in [3.05, 3.63) is 51.4 Å². The summed E-state index contributed by atoms with van der Waals surface area (Å²) in [6.45, 7) is 5.75. The van der Waals surface area contributed by atoms with Crippen molar-refractivity contribution >= 4 is 29.3 Å². The Hall–Kier alpha value is -2.78.